The van der Waals surface area contributed by atoms with Crippen molar-refractivity contribution >= 4 is 17.2 Å². The number of fused-ring (bicyclic) bond motifs is 1. The molecule has 0 unspecified atom stereocenters. The summed E-state index contributed by atoms with van der Waals surface area (Å²) < 4.78 is 2.55. The van der Waals surface area contributed by atoms with Crippen molar-refractivity contribution in [1.29, 1.82) is 0 Å². The Morgan fingerprint density at radius 3 is 2.79 bits per heavy atom. The van der Waals surface area contributed by atoms with E-state index in [0.29, 0.717) is 10.7 Å². The molecule has 3 aromatic rings. The molecule has 0 radical (unpaired) electrons. The van der Waals surface area contributed by atoms with Gasteiger partial charge in [-0.05, 0) is 24.6 Å². The monoisotopic (exact) mass is 276 g/mol. The SMILES string of the molecule is Cc1ccc(-n2ccn3c(=O)[nH]nc3c2=O)cc1Cl. The zero-order chi connectivity index (χ0) is 13.6. The molecule has 1 N–H and O–H groups in total. The lowest BCUT2D eigenvalue weighted by Crippen LogP contribution is -2.22. The van der Waals surface area contributed by atoms with Gasteiger partial charge in [-0.25, -0.2) is 14.3 Å². The number of aryl methyl sites for hydroxylation is 1. The number of benzene rings is 1. The highest BCUT2D eigenvalue weighted by Crippen LogP contribution is 2.18. The van der Waals surface area contributed by atoms with Gasteiger partial charge in [0.1, 0.15) is 0 Å². The first-order valence-corrected chi connectivity index (χ1v) is 5.90. The Bertz CT molecular complexity index is 891. The topological polar surface area (TPSA) is 72.2 Å². The molecule has 6 nitrogen and oxygen atoms in total. The number of aromatic amines is 1. The van der Waals surface area contributed by atoms with Gasteiger partial charge in [-0.1, -0.05) is 17.7 Å². The quantitative estimate of drug-likeness (QED) is 0.724. The predicted octanol–water partition coefficient (Wildman–Crippen LogP) is 1.14. The van der Waals surface area contributed by atoms with Crippen molar-refractivity contribution in [2.75, 3.05) is 0 Å². The van der Waals surface area contributed by atoms with Crippen LogP contribution in [0.1, 0.15) is 5.56 Å². The molecular weight excluding hydrogens is 268 g/mol. The summed E-state index contributed by atoms with van der Waals surface area (Å²) in [5.74, 6) is 0. The van der Waals surface area contributed by atoms with Gasteiger partial charge >= 0.3 is 11.2 Å². The summed E-state index contributed by atoms with van der Waals surface area (Å²) >= 11 is 6.05. The summed E-state index contributed by atoms with van der Waals surface area (Å²) in [5.41, 5.74) is 0.764. The molecule has 0 aliphatic heterocycles. The van der Waals surface area contributed by atoms with Crippen LogP contribution in [0.25, 0.3) is 11.3 Å². The van der Waals surface area contributed by atoms with Gasteiger partial charge in [-0.2, -0.15) is 0 Å². The summed E-state index contributed by atoms with van der Waals surface area (Å²) in [6, 6.07) is 5.30. The minimum absolute atomic E-state index is 0.0456. The lowest BCUT2D eigenvalue weighted by atomic mass is 10.2. The summed E-state index contributed by atoms with van der Waals surface area (Å²) in [6.45, 7) is 1.88. The maximum absolute atomic E-state index is 12.2. The van der Waals surface area contributed by atoms with E-state index in [1.807, 2.05) is 13.0 Å². The summed E-state index contributed by atoms with van der Waals surface area (Å²) in [6.07, 6.45) is 2.99. The molecule has 0 atom stereocenters. The fraction of sp³-hybridized carbons (Fsp3) is 0.0833. The van der Waals surface area contributed by atoms with Crippen LogP contribution in [-0.2, 0) is 0 Å². The second kappa shape index (κ2) is 4.10. The summed E-state index contributed by atoms with van der Waals surface area (Å²) in [7, 11) is 0. The molecule has 0 saturated heterocycles. The summed E-state index contributed by atoms with van der Waals surface area (Å²) in [4.78, 5) is 23.6. The number of halogens is 1. The van der Waals surface area contributed by atoms with Crippen LogP contribution < -0.4 is 11.2 Å². The van der Waals surface area contributed by atoms with E-state index in [4.69, 9.17) is 11.6 Å². The Labute approximate surface area is 111 Å². The van der Waals surface area contributed by atoms with Gasteiger partial charge in [0.05, 0.1) is 5.69 Å². The van der Waals surface area contributed by atoms with Crippen molar-refractivity contribution in [3.8, 4) is 5.69 Å². The van der Waals surface area contributed by atoms with E-state index in [1.54, 1.807) is 12.1 Å². The van der Waals surface area contributed by atoms with Crippen molar-refractivity contribution in [3.05, 3.63) is 62.0 Å². The Balaban J connectivity index is 2.31. The predicted molar refractivity (Wildman–Crippen MR) is 71.2 cm³/mol. The molecule has 0 bridgehead atoms. The van der Waals surface area contributed by atoms with Crippen molar-refractivity contribution in [1.82, 2.24) is 19.2 Å². The maximum Gasteiger partial charge on any atom is 0.347 e. The van der Waals surface area contributed by atoms with Crippen LogP contribution in [0.4, 0.5) is 0 Å². The zero-order valence-corrected chi connectivity index (χ0v) is 10.7. The molecule has 3 rings (SSSR count). The van der Waals surface area contributed by atoms with Gasteiger partial charge in [0.15, 0.2) is 0 Å². The largest absolute Gasteiger partial charge is 0.347 e. The van der Waals surface area contributed by atoms with E-state index in [0.717, 1.165) is 9.96 Å². The Morgan fingerprint density at radius 1 is 1.26 bits per heavy atom. The minimum Gasteiger partial charge on any atom is -0.280 e. The van der Waals surface area contributed by atoms with Gasteiger partial charge in [0.2, 0.25) is 5.65 Å². The van der Waals surface area contributed by atoms with Crippen LogP contribution in [-0.4, -0.2) is 19.2 Å². The van der Waals surface area contributed by atoms with Gasteiger partial charge < -0.3 is 0 Å². The second-order valence-corrected chi connectivity index (χ2v) is 4.54. The van der Waals surface area contributed by atoms with Crippen LogP contribution >= 0.6 is 11.6 Å². The molecule has 0 aliphatic rings. The molecular formula is C12H9ClN4O2. The number of nitrogens with zero attached hydrogens (tertiary/aromatic N) is 3. The first kappa shape index (κ1) is 11.7. The van der Waals surface area contributed by atoms with E-state index in [2.05, 4.69) is 10.2 Å². The van der Waals surface area contributed by atoms with Crippen molar-refractivity contribution in [2.24, 2.45) is 0 Å². The second-order valence-electron chi connectivity index (χ2n) is 4.13. The third-order valence-corrected chi connectivity index (χ3v) is 3.32. The molecule has 2 heterocycles. The minimum atomic E-state index is -0.443. The van der Waals surface area contributed by atoms with Gasteiger partial charge in [0, 0.05) is 17.4 Å². The number of aromatic nitrogens is 4. The average molecular weight is 277 g/mol. The molecule has 0 aliphatic carbocycles. The number of H-pyrrole nitrogens is 1. The van der Waals surface area contributed by atoms with Gasteiger partial charge in [-0.3, -0.25) is 9.36 Å². The molecule has 0 fully saturated rings. The van der Waals surface area contributed by atoms with Crippen molar-refractivity contribution < 1.29 is 0 Å². The van der Waals surface area contributed by atoms with Crippen LogP contribution in [0.3, 0.4) is 0 Å². The first-order valence-electron chi connectivity index (χ1n) is 5.53. The van der Waals surface area contributed by atoms with Crippen LogP contribution in [0.2, 0.25) is 5.02 Å². The Kier molecular flexibility index (Phi) is 2.53. The number of nitrogens with one attached hydrogen (secondary N) is 1. The number of rotatable bonds is 1. The van der Waals surface area contributed by atoms with Gasteiger partial charge in [0.25, 0.3) is 0 Å². The molecule has 0 spiro atoms. The lowest BCUT2D eigenvalue weighted by Gasteiger charge is -2.07. The molecule has 2 aromatic heterocycles. The molecule has 96 valence electrons. The summed E-state index contributed by atoms with van der Waals surface area (Å²) in [5, 5.41) is 6.51. The smallest absolute Gasteiger partial charge is 0.280 e. The van der Waals surface area contributed by atoms with E-state index < -0.39 is 5.69 Å². The average Bonchev–Trinajstić information content (AvgIpc) is 2.76. The fourth-order valence-electron chi connectivity index (χ4n) is 1.84. The third kappa shape index (κ3) is 1.77. The number of hydrogen-bond donors (Lipinski definition) is 1. The zero-order valence-electron chi connectivity index (χ0n) is 9.92. The highest BCUT2D eigenvalue weighted by atomic mass is 35.5. The van der Waals surface area contributed by atoms with Crippen LogP contribution in [0, 0.1) is 6.92 Å². The van der Waals surface area contributed by atoms with Crippen LogP contribution in [0.5, 0.6) is 0 Å². The fourth-order valence-corrected chi connectivity index (χ4v) is 2.01. The highest BCUT2D eigenvalue weighted by molar-refractivity contribution is 6.31. The Hall–Kier alpha value is -2.34. The first-order chi connectivity index (χ1) is 9.08. The van der Waals surface area contributed by atoms with Crippen LogP contribution in [0.15, 0.2) is 40.2 Å². The molecule has 7 heteroatoms. The van der Waals surface area contributed by atoms with Gasteiger partial charge in [-0.15, -0.1) is 5.10 Å². The maximum atomic E-state index is 12.2. The molecule has 1 aromatic carbocycles. The standard InChI is InChI=1S/C12H9ClN4O2/c1-7-2-3-8(6-9(7)13)16-4-5-17-10(11(16)18)14-15-12(17)19/h2-6H,1H3,(H,15,19). The Morgan fingerprint density at radius 2 is 2.05 bits per heavy atom. The van der Waals surface area contributed by atoms with E-state index in [1.165, 1.54) is 17.0 Å². The molecule has 0 saturated carbocycles. The van der Waals surface area contributed by atoms with E-state index >= 15 is 0 Å². The highest BCUT2D eigenvalue weighted by Gasteiger charge is 2.09. The lowest BCUT2D eigenvalue weighted by molar-refractivity contribution is 0.939. The van der Waals surface area contributed by atoms with E-state index in [-0.39, 0.29) is 11.2 Å². The number of hydrogen-bond acceptors (Lipinski definition) is 3. The molecule has 0 amide bonds. The van der Waals surface area contributed by atoms with Crippen molar-refractivity contribution in [2.45, 2.75) is 6.92 Å². The normalized spacial score (nSPS) is 11.1. The van der Waals surface area contributed by atoms with Crippen molar-refractivity contribution in [3.63, 3.8) is 0 Å². The molecule has 19 heavy (non-hydrogen) atoms. The third-order valence-electron chi connectivity index (χ3n) is 2.91. The van der Waals surface area contributed by atoms with E-state index in [9.17, 15) is 9.59 Å².